The first-order chi connectivity index (χ1) is 11.5. The molecule has 2 aromatic carbocycles. The molecule has 0 bridgehead atoms. The van der Waals surface area contributed by atoms with E-state index in [0.717, 1.165) is 16.9 Å². The zero-order valence-corrected chi connectivity index (χ0v) is 15.3. The van der Waals surface area contributed by atoms with Crippen molar-refractivity contribution in [2.45, 2.75) is 6.42 Å². The first kappa shape index (κ1) is 17.2. The van der Waals surface area contributed by atoms with Crippen LogP contribution in [-0.4, -0.2) is 15.5 Å². The lowest BCUT2D eigenvalue weighted by Gasteiger charge is -2.06. The average molecular weight is 396 g/mol. The smallest absolute Gasteiger partial charge is 0.219 e. The van der Waals surface area contributed by atoms with Crippen LogP contribution >= 0.6 is 46.8 Å². The van der Waals surface area contributed by atoms with Crippen LogP contribution in [0.4, 0.5) is 0 Å². The minimum Gasteiger partial charge on any atom is -0.493 e. The van der Waals surface area contributed by atoms with Crippen molar-refractivity contribution in [1.82, 2.24) is 4.57 Å². The summed E-state index contributed by atoms with van der Waals surface area (Å²) < 4.78 is 1.78. The van der Waals surface area contributed by atoms with Crippen molar-refractivity contribution < 1.29 is 9.90 Å². The van der Waals surface area contributed by atoms with Crippen LogP contribution in [0.3, 0.4) is 0 Å². The molecule has 1 aromatic heterocycles. The van der Waals surface area contributed by atoms with Gasteiger partial charge in [0.1, 0.15) is 4.88 Å². The summed E-state index contributed by atoms with van der Waals surface area (Å²) in [6.45, 7) is 0. The summed E-state index contributed by atoms with van der Waals surface area (Å²) in [4.78, 5) is 12.7. The molecule has 0 saturated heterocycles. The Bertz CT molecular complexity index is 964. The number of aromatic nitrogens is 1. The van der Waals surface area contributed by atoms with Crippen LogP contribution in [-0.2, 0) is 6.42 Å². The fourth-order valence-corrected chi connectivity index (χ4v) is 3.82. The van der Waals surface area contributed by atoms with Crippen LogP contribution in [0, 0.1) is 3.95 Å². The van der Waals surface area contributed by atoms with Crippen molar-refractivity contribution in [3.63, 3.8) is 0 Å². The van der Waals surface area contributed by atoms with E-state index in [1.807, 2.05) is 30.3 Å². The maximum atomic E-state index is 12.5. The third-order valence-corrected chi connectivity index (χ3v) is 5.55. The standard InChI is InChI=1S/C17H11Cl2NO2S2/c18-12-7-6-11(9-13(12)19)20-16(22)15(24-17(20)23)14(21)8-10-4-2-1-3-5-10/h1-7,9,22H,8H2. The SMILES string of the molecule is O=C(Cc1ccccc1)c1sc(=S)n(-c2ccc(Cl)c(Cl)c2)c1O. The van der Waals surface area contributed by atoms with Gasteiger partial charge in [0.05, 0.1) is 15.7 Å². The molecule has 0 aliphatic heterocycles. The predicted molar refractivity (Wildman–Crippen MR) is 101 cm³/mol. The number of halogens is 2. The van der Waals surface area contributed by atoms with Gasteiger partial charge in [0.15, 0.2) is 9.74 Å². The number of ketones is 1. The van der Waals surface area contributed by atoms with E-state index in [2.05, 4.69) is 0 Å². The van der Waals surface area contributed by atoms with Crippen LogP contribution < -0.4 is 0 Å². The molecule has 3 rings (SSSR count). The highest BCUT2D eigenvalue weighted by atomic mass is 35.5. The van der Waals surface area contributed by atoms with Gasteiger partial charge in [-0.1, -0.05) is 64.9 Å². The molecule has 1 heterocycles. The van der Waals surface area contributed by atoms with Crippen molar-refractivity contribution in [1.29, 1.82) is 0 Å². The van der Waals surface area contributed by atoms with Crippen molar-refractivity contribution in [3.8, 4) is 11.6 Å². The third kappa shape index (κ3) is 3.39. The van der Waals surface area contributed by atoms with Crippen LogP contribution in [0.5, 0.6) is 5.88 Å². The van der Waals surface area contributed by atoms with Crippen molar-refractivity contribution >= 4 is 52.5 Å². The molecule has 0 radical (unpaired) electrons. The zero-order valence-electron chi connectivity index (χ0n) is 12.2. The quantitative estimate of drug-likeness (QED) is 0.454. The first-order valence-electron chi connectivity index (χ1n) is 6.94. The molecule has 3 aromatic rings. The number of hydrogen-bond donors (Lipinski definition) is 1. The van der Waals surface area contributed by atoms with Gasteiger partial charge in [-0.15, -0.1) is 0 Å². The molecular formula is C17H11Cl2NO2S2. The fourth-order valence-electron chi connectivity index (χ4n) is 2.26. The summed E-state index contributed by atoms with van der Waals surface area (Å²) in [7, 11) is 0. The molecule has 0 unspecified atom stereocenters. The molecule has 0 amide bonds. The Kier molecular flexibility index (Phi) is 5.06. The van der Waals surface area contributed by atoms with Gasteiger partial charge in [0.25, 0.3) is 0 Å². The Morgan fingerprint density at radius 3 is 2.50 bits per heavy atom. The second kappa shape index (κ2) is 7.07. The van der Waals surface area contributed by atoms with Gasteiger partial charge < -0.3 is 5.11 Å². The molecule has 122 valence electrons. The Labute approximate surface area is 157 Å². The Morgan fingerprint density at radius 2 is 1.83 bits per heavy atom. The summed E-state index contributed by atoms with van der Waals surface area (Å²) in [6, 6.07) is 14.2. The second-order valence-corrected chi connectivity index (χ2v) is 7.50. The highest BCUT2D eigenvalue weighted by Crippen LogP contribution is 2.33. The highest BCUT2D eigenvalue weighted by molar-refractivity contribution is 7.73. The molecule has 0 aliphatic carbocycles. The predicted octanol–water partition coefficient (Wildman–Crippen LogP) is 5.71. The van der Waals surface area contributed by atoms with E-state index in [4.69, 9.17) is 35.4 Å². The maximum absolute atomic E-state index is 12.5. The number of carbonyl (C=O) groups is 1. The lowest BCUT2D eigenvalue weighted by Crippen LogP contribution is -2.02. The maximum Gasteiger partial charge on any atom is 0.219 e. The molecule has 0 aliphatic rings. The Balaban J connectivity index is 1.98. The van der Waals surface area contributed by atoms with Gasteiger partial charge in [0, 0.05) is 6.42 Å². The van der Waals surface area contributed by atoms with Gasteiger partial charge >= 0.3 is 0 Å². The summed E-state index contributed by atoms with van der Waals surface area (Å²) in [5.41, 5.74) is 1.43. The average Bonchev–Trinajstić information content (AvgIpc) is 2.86. The monoisotopic (exact) mass is 395 g/mol. The topological polar surface area (TPSA) is 42.2 Å². The number of benzene rings is 2. The Hall–Kier alpha value is -1.66. The van der Waals surface area contributed by atoms with Crippen LogP contribution in [0.1, 0.15) is 15.2 Å². The van der Waals surface area contributed by atoms with E-state index < -0.39 is 0 Å². The number of carbonyl (C=O) groups excluding carboxylic acids is 1. The molecule has 3 nitrogen and oxygen atoms in total. The summed E-state index contributed by atoms with van der Waals surface area (Å²) in [6.07, 6.45) is 0.199. The van der Waals surface area contributed by atoms with Gasteiger partial charge in [-0.25, -0.2) is 0 Å². The minimum absolute atomic E-state index is 0.177. The lowest BCUT2D eigenvalue weighted by atomic mass is 10.1. The molecule has 1 N–H and O–H groups in total. The number of aromatic hydroxyl groups is 1. The fraction of sp³-hybridized carbons (Fsp3) is 0.0588. The molecule has 0 spiro atoms. The van der Waals surface area contributed by atoms with Gasteiger partial charge in [-0.3, -0.25) is 9.36 Å². The summed E-state index contributed by atoms with van der Waals surface area (Å²) in [5.74, 6) is -0.363. The number of rotatable bonds is 4. The summed E-state index contributed by atoms with van der Waals surface area (Å²) >= 11 is 18.3. The molecule has 0 saturated carbocycles. The van der Waals surface area contributed by atoms with E-state index in [-0.39, 0.29) is 23.0 Å². The highest BCUT2D eigenvalue weighted by Gasteiger charge is 2.20. The largest absolute Gasteiger partial charge is 0.493 e. The van der Waals surface area contributed by atoms with Gasteiger partial charge in [-0.05, 0) is 36.0 Å². The van der Waals surface area contributed by atoms with E-state index in [1.165, 1.54) is 4.57 Å². The Morgan fingerprint density at radius 1 is 1.12 bits per heavy atom. The van der Waals surface area contributed by atoms with E-state index in [9.17, 15) is 9.90 Å². The summed E-state index contributed by atoms with van der Waals surface area (Å²) in [5, 5.41) is 11.2. The lowest BCUT2D eigenvalue weighted by molar-refractivity contribution is 0.0994. The molecular weight excluding hydrogens is 385 g/mol. The third-order valence-electron chi connectivity index (χ3n) is 3.41. The van der Waals surface area contributed by atoms with Crippen LogP contribution in [0.15, 0.2) is 48.5 Å². The van der Waals surface area contributed by atoms with Crippen LogP contribution in [0.2, 0.25) is 10.0 Å². The number of thiazole rings is 1. The van der Waals surface area contributed by atoms with Crippen molar-refractivity contribution in [3.05, 3.63) is 73.0 Å². The number of nitrogens with zero attached hydrogens (tertiary/aromatic N) is 1. The zero-order chi connectivity index (χ0) is 17.3. The molecule has 24 heavy (non-hydrogen) atoms. The van der Waals surface area contributed by atoms with Crippen molar-refractivity contribution in [2.75, 3.05) is 0 Å². The van der Waals surface area contributed by atoms with Crippen LogP contribution in [0.25, 0.3) is 5.69 Å². The molecule has 0 fully saturated rings. The normalized spacial score (nSPS) is 10.8. The second-order valence-electron chi connectivity index (χ2n) is 5.04. The van der Waals surface area contributed by atoms with Gasteiger partial charge in [0.2, 0.25) is 5.88 Å². The van der Waals surface area contributed by atoms with E-state index in [1.54, 1.807) is 18.2 Å². The first-order valence-corrected chi connectivity index (χ1v) is 8.93. The van der Waals surface area contributed by atoms with Crippen molar-refractivity contribution in [2.24, 2.45) is 0 Å². The minimum atomic E-state index is -0.186. The number of Topliss-reactive ketones (excluding diaryl/α,β-unsaturated/α-hetero) is 1. The van der Waals surface area contributed by atoms with Gasteiger partial charge in [-0.2, -0.15) is 0 Å². The van der Waals surface area contributed by atoms with E-state index in [0.29, 0.717) is 19.7 Å². The number of hydrogen-bond acceptors (Lipinski definition) is 4. The molecule has 7 heteroatoms. The van der Waals surface area contributed by atoms with E-state index >= 15 is 0 Å². The molecule has 0 atom stereocenters.